The van der Waals surface area contributed by atoms with E-state index in [4.69, 9.17) is 18.9 Å². The van der Waals surface area contributed by atoms with Crippen LogP contribution in [0.25, 0.3) is 0 Å². The number of methoxy groups -OCH3 is 1. The standard InChI is InChI=1S/C23H20FNO5/c1-27-20-11-16(12-21-22(20)29-9-8-28-21)23(26)25-18-6-2-4-15(10-18)14-30-19-7-3-5-17(24)13-19/h2-7,10-13H,8-9,14H2,1H3,(H,25,26). The van der Waals surface area contributed by atoms with Crippen LogP contribution in [0.15, 0.2) is 60.7 Å². The summed E-state index contributed by atoms with van der Waals surface area (Å²) >= 11 is 0. The summed E-state index contributed by atoms with van der Waals surface area (Å²) in [6.07, 6.45) is 0. The molecule has 1 N–H and O–H groups in total. The van der Waals surface area contributed by atoms with Gasteiger partial charge in [0.15, 0.2) is 11.5 Å². The van der Waals surface area contributed by atoms with E-state index in [2.05, 4.69) is 5.32 Å². The number of hydrogen-bond donors (Lipinski definition) is 1. The third kappa shape index (κ3) is 4.46. The predicted molar refractivity (Wildman–Crippen MR) is 109 cm³/mol. The summed E-state index contributed by atoms with van der Waals surface area (Å²) in [5, 5.41) is 2.86. The molecule has 6 nitrogen and oxygen atoms in total. The average Bonchev–Trinajstić information content (AvgIpc) is 2.77. The zero-order valence-electron chi connectivity index (χ0n) is 16.3. The van der Waals surface area contributed by atoms with Crippen molar-refractivity contribution < 1.29 is 28.1 Å². The van der Waals surface area contributed by atoms with E-state index < -0.39 is 0 Å². The molecule has 0 fully saturated rings. The quantitative estimate of drug-likeness (QED) is 0.652. The van der Waals surface area contributed by atoms with E-state index in [0.29, 0.717) is 47.5 Å². The minimum absolute atomic E-state index is 0.241. The summed E-state index contributed by atoms with van der Waals surface area (Å²) < 4.78 is 35.4. The molecule has 0 atom stereocenters. The van der Waals surface area contributed by atoms with Crippen molar-refractivity contribution in [1.82, 2.24) is 0 Å². The smallest absolute Gasteiger partial charge is 0.255 e. The van der Waals surface area contributed by atoms with Crippen LogP contribution in [0.1, 0.15) is 15.9 Å². The number of carbonyl (C=O) groups is 1. The Morgan fingerprint density at radius 3 is 2.73 bits per heavy atom. The van der Waals surface area contributed by atoms with Gasteiger partial charge in [-0.25, -0.2) is 4.39 Å². The van der Waals surface area contributed by atoms with Gasteiger partial charge >= 0.3 is 0 Å². The summed E-state index contributed by atoms with van der Waals surface area (Å²) in [5.74, 6) is 1.18. The molecular weight excluding hydrogens is 389 g/mol. The number of anilines is 1. The zero-order valence-corrected chi connectivity index (χ0v) is 16.3. The molecule has 4 rings (SSSR count). The van der Waals surface area contributed by atoms with Gasteiger partial charge in [-0.1, -0.05) is 18.2 Å². The van der Waals surface area contributed by atoms with Crippen LogP contribution in [-0.2, 0) is 6.61 Å². The molecule has 0 radical (unpaired) electrons. The Hall–Kier alpha value is -3.74. The Bertz CT molecular complexity index is 1050. The van der Waals surface area contributed by atoms with Crippen molar-refractivity contribution in [2.75, 3.05) is 25.6 Å². The second kappa shape index (κ2) is 8.73. The lowest BCUT2D eigenvalue weighted by Gasteiger charge is -2.21. The normalized spacial score (nSPS) is 12.2. The average molecular weight is 409 g/mol. The number of amides is 1. The second-order valence-corrected chi connectivity index (χ2v) is 6.60. The molecule has 1 amide bonds. The predicted octanol–water partition coefficient (Wildman–Crippen LogP) is 4.44. The molecule has 154 valence electrons. The molecule has 0 saturated heterocycles. The maximum absolute atomic E-state index is 13.3. The van der Waals surface area contributed by atoms with Crippen LogP contribution < -0.4 is 24.3 Å². The number of fused-ring (bicyclic) bond motifs is 1. The summed E-state index contributed by atoms with van der Waals surface area (Å²) in [6, 6.07) is 16.4. The summed E-state index contributed by atoms with van der Waals surface area (Å²) in [6.45, 7) is 1.08. The van der Waals surface area contributed by atoms with E-state index in [9.17, 15) is 9.18 Å². The number of ether oxygens (including phenoxy) is 4. The van der Waals surface area contributed by atoms with Crippen molar-refractivity contribution in [2.45, 2.75) is 6.61 Å². The minimum Gasteiger partial charge on any atom is -0.493 e. The van der Waals surface area contributed by atoms with Crippen molar-refractivity contribution in [3.8, 4) is 23.0 Å². The third-order valence-corrected chi connectivity index (χ3v) is 4.48. The van der Waals surface area contributed by atoms with Crippen molar-refractivity contribution >= 4 is 11.6 Å². The molecule has 1 aliphatic rings. The minimum atomic E-state index is -0.358. The first-order chi connectivity index (χ1) is 14.6. The van der Waals surface area contributed by atoms with Crippen molar-refractivity contribution in [3.05, 3.63) is 77.6 Å². The fraction of sp³-hybridized carbons (Fsp3) is 0.174. The van der Waals surface area contributed by atoms with Gasteiger partial charge in [0, 0.05) is 17.3 Å². The molecular formula is C23H20FNO5. The molecule has 0 unspecified atom stereocenters. The molecule has 0 bridgehead atoms. The second-order valence-electron chi connectivity index (χ2n) is 6.60. The van der Waals surface area contributed by atoms with Gasteiger partial charge in [0.2, 0.25) is 5.75 Å². The van der Waals surface area contributed by atoms with E-state index in [1.54, 1.807) is 36.4 Å². The summed E-state index contributed by atoms with van der Waals surface area (Å²) in [5.41, 5.74) is 1.82. The van der Waals surface area contributed by atoms with E-state index in [-0.39, 0.29) is 18.3 Å². The molecule has 30 heavy (non-hydrogen) atoms. The lowest BCUT2D eigenvalue weighted by molar-refractivity contribution is 0.102. The van der Waals surface area contributed by atoms with Gasteiger partial charge in [0.1, 0.15) is 31.4 Å². The first kappa shape index (κ1) is 19.6. The van der Waals surface area contributed by atoms with Gasteiger partial charge in [0.25, 0.3) is 5.91 Å². The molecule has 0 saturated carbocycles. The van der Waals surface area contributed by atoms with Crippen LogP contribution >= 0.6 is 0 Å². The van der Waals surface area contributed by atoms with Crippen molar-refractivity contribution in [2.24, 2.45) is 0 Å². The van der Waals surface area contributed by atoms with Gasteiger partial charge in [-0.05, 0) is 42.0 Å². The Morgan fingerprint density at radius 2 is 1.90 bits per heavy atom. The fourth-order valence-electron chi connectivity index (χ4n) is 3.07. The Labute approximate surface area is 173 Å². The Balaban J connectivity index is 1.46. The first-order valence-corrected chi connectivity index (χ1v) is 9.38. The number of benzene rings is 3. The largest absolute Gasteiger partial charge is 0.493 e. The maximum Gasteiger partial charge on any atom is 0.255 e. The fourth-order valence-corrected chi connectivity index (χ4v) is 3.07. The molecule has 1 heterocycles. The van der Waals surface area contributed by atoms with E-state index in [1.807, 2.05) is 12.1 Å². The topological polar surface area (TPSA) is 66.0 Å². The number of halogens is 1. The zero-order chi connectivity index (χ0) is 20.9. The molecule has 3 aromatic rings. The van der Waals surface area contributed by atoms with Gasteiger partial charge in [-0.15, -0.1) is 0 Å². The van der Waals surface area contributed by atoms with E-state index in [0.717, 1.165) is 5.56 Å². The highest BCUT2D eigenvalue weighted by atomic mass is 19.1. The Kier molecular flexibility index (Phi) is 5.70. The first-order valence-electron chi connectivity index (χ1n) is 9.38. The number of carbonyl (C=O) groups excluding carboxylic acids is 1. The van der Waals surface area contributed by atoms with Gasteiger partial charge in [-0.3, -0.25) is 4.79 Å². The highest BCUT2D eigenvalue weighted by molar-refractivity contribution is 6.05. The van der Waals surface area contributed by atoms with Crippen LogP contribution in [0.5, 0.6) is 23.0 Å². The molecule has 0 aliphatic carbocycles. The van der Waals surface area contributed by atoms with Crippen LogP contribution in [0, 0.1) is 5.82 Å². The SMILES string of the molecule is COc1cc(C(=O)Nc2cccc(COc3cccc(F)c3)c2)cc2c1OCCO2. The van der Waals surface area contributed by atoms with Gasteiger partial charge in [-0.2, -0.15) is 0 Å². The van der Waals surface area contributed by atoms with Gasteiger partial charge in [0.05, 0.1) is 7.11 Å². The van der Waals surface area contributed by atoms with E-state index in [1.165, 1.54) is 19.2 Å². The van der Waals surface area contributed by atoms with Crippen LogP contribution in [-0.4, -0.2) is 26.2 Å². The molecule has 0 spiro atoms. The lowest BCUT2D eigenvalue weighted by atomic mass is 10.1. The highest BCUT2D eigenvalue weighted by Gasteiger charge is 2.21. The summed E-state index contributed by atoms with van der Waals surface area (Å²) in [7, 11) is 1.51. The highest BCUT2D eigenvalue weighted by Crippen LogP contribution is 2.40. The van der Waals surface area contributed by atoms with Gasteiger partial charge < -0.3 is 24.3 Å². The number of nitrogens with one attached hydrogen (secondary N) is 1. The lowest BCUT2D eigenvalue weighted by Crippen LogP contribution is -2.18. The maximum atomic E-state index is 13.3. The van der Waals surface area contributed by atoms with Crippen LogP contribution in [0.2, 0.25) is 0 Å². The van der Waals surface area contributed by atoms with E-state index >= 15 is 0 Å². The summed E-state index contributed by atoms with van der Waals surface area (Å²) in [4.78, 5) is 12.8. The number of rotatable bonds is 6. The van der Waals surface area contributed by atoms with Crippen molar-refractivity contribution in [1.29, 1.82) is 0 Å². The van der Waals surface area contributed by atoms with Crippen molar-refractivity contribution in [3.63, 3.8) is 0 Å². The number of hydrogen-bond acceptors (Lipinski definition) is 5. The monoisotopic (exact) mass is 409 g/mol. The molecule has 1 aliphatic heterocycles. The molecule has 3 aromatic carbocycles. The molecule has 0 aromatic heterocycles. The molecule has 7 heteroatoms. The van der Waals surface area contributed by atoms with Crippen LogP contribution in [0.3, 0.4) is 0 Å². The third-order valence-electron chi connectivity index (χ3n) is 4.48. The Morgan fingerprint density at radius 1 is 1.07 bits per heavy atom. The van der Waals surface area contributed by atoms with Crippen LogP contribution in [0.4, 0.5) is 10.1 Å².